The van der Waals surface area contributed by atoms with Gasteiger partial charge in [-0.2, -0.15) is 0 Å². The summed E-state index contributed by atoms with van der Waals surface area (Å²) in [6.45, 7) is 3.98. The van der Waals surface area contributed by atoms with E-state index in [0.717, 1.165) is 10.0 Å². The Morgan fingerprint density at radius 2 is 2.00 bits per heavy atom. The van der Waals surface area contributed by atoms with Crippen LogP contribution in [0.4, 0.5) is 11.4 Å². The summed E-state index contributed by atoms with van der Waals surface area (Å²) in [5, 5.41) is 2.72. The van der Waals surface area contributed by atoms with E-state index in [1.807, 2.05) is 38.1 Å². The van der Waals surface area contributed by atoms with E-state index in [0.29, 0.717) is 23.7 Å². The fraction of sp³-hybridized carbons (Fsp3) is 0.318. The minimum atomic E-state index is -0.630. The Morgan fingerprint density at radius 3 is 2.73 bits per heavy atom. The van der Waals surface area contributed by atoms with E-state index in [1.54, 1.807) is 18.2 Å². The van der Waals surface area contributed by atoms with Crippen LogP contribution in [0.5, 0.6) is 5.75 Å². The average molecular weight is 475 g/mol. The number of carbonyl (C=O) groups is 3. The third kappa shape index (κ3) is 5.18. The molecule has 1 atom stereocenters. The first kappa shape index (κ1) is 21.8. The van der Waals surface area contributed by atoms with Gasteiger partial charge in [0.05, 0.1) is 18.2 Å². The summed E-state index contributed by atoms with van der Waals surface area (Å²) in [6.07, 6.45) is 0.0345. The lowest BCUT2D eigenvalue weighted by atomic mass is 10.1. The van der Waals surface area contributed by atoms with Crippen molar-refractivity contribution in [3.8, 4) is 5.75 Å². The average Bonchev–Trinajstić information content (AvgIpc) is 3.10. The van der Waals surface area contributed by atoms with Crippen molar-refractivity contribution in [2.75, 3.05) is 30.0 Å². The van der Waals surface area contributed by atoms with Crippen molar-refractivity contribution in [2.24, 2.45) is 5.92 Å². The minimum Gasteiger partial charge on any atom is -0.492 e. The largest absolute Gasteiger partial charge is 0.492 e. The highest BCUT2D eigenvalue weighted by molar-refractivity contribution is 9.10. The number of amides is 2. The standard InChI is InChI=1S/C22H23BrN2O5/c1-3-29-19-7-5-4-6-18(19)25-12-15(11-21(25)27)22(28)30-13-20(26)24-17-9-8-16(23)10-14(17)2/h4-10,15H,3,11-13H2,1-2H3,(H,24,26)/t15-/m1/s1. The molecule has 3 rings (SSSR count). The van der Waals surface area contributed by atoms with Crippen LogP contribution in [0.15, 0.2) is 46.9 Å². The number of ether oxygens (including phenoxy) is 2. The number of halogens is 1. The SMILES string of the molecule is CCOc1ccccc1N1C[C@H](C(=O)OCC(=O)Nc2ccc(Br)cc2C)CC1=O. The molecule has 2 aromatic carbocycles. The Balaban J connectivity index is 1.56. The highest BCUT2D eigenvalue weighted by Gasteiger charge is 2.37. The Bertz CT molecular complexity index is 962. The maximum atomic E-state index is 12.5. The summed E-state index contributed by atoms with van der Waals surface area (Å²) in [7, 11) is 0. The molecule has 1 aliphatic rings. The molecule has 158 valence electrons. The molecule has 1 saturated heterocycles. The van der Waals surface area contributed by atoms with Crippen LogP contribution >= 0.6 is 15.9 Å². The smallest absolute Gasteiger partial charge is 0.311 e. The molecule has 7 nitrogen and oxygen atoms in total. The van der Waals surface area contributed by atoms with Gasteiger partial charge in [-0.15, -0.1) is 0 Å². The highest BCUT2D eigenvalue weighted by atomic mass is 79.9. The second-order valence-electron chi connectivity index (χ2n) is 6.92. The fourth-order valence-electron chi connectivity index (χ4n) is 3.26. The zero-order valence-electron chi connectivity index (χ0n) is 16.8. The van der Waals surface area contributed by atoms with Crippen molar-refractivity contribution in [3.05, 3.63) is 52.5 Å². The van der Waals surface area contributed by atoms with Gasteiger partial charge < -0.3 is 19.7 Å². The van der Waals surface area contributed by atoms with Crippen molar-refractivity contribution >= 4 is 45.1 Å². The lowest BCUT2D eigenvalue weighted by Crippen LogP contribution is -2.28. The van der Waals surface area contributed by atoms with Crippen LogP contribution in [0, 0.1) is 12.8 Å². The number of benzene rings is 2. The van der Waals surface area contributed by atoms with E-state index < -0.39 is 24.4 Å². The Labute approximate surface area is 183 Å². The maximum Gasteiger partial charge on any atom is 0.311 e. The Hall–Kier alpha value is -2.87. The maximum absolute atomic E-state index is 12.5. The molecule has 30 heavy (non-hydrogen) atoms. The molecule has 2 amide bonds. The van der Waals surface area contributed by atoms with Crippen molar-refractivity contribution < 1.29 is 23.9 Å². The molecule has 0 saturated carbocycles. The normalized spacial score (nSPS) is 15.8. The van der Waals surface area contributed by atoms with Gasteiger partial charge in [0.2, 0.25) is 5.91 Å². The van der Waals surface area contributed by atoms with E-state index in [-0.39, 0.29) is 18.9 Å². The van der Waals surface area contributed by atoms with Crippen LogP contribution in [0.2, 0.25) is 0 Å². The van der Waals surface area contributed by atoms with Gasteiger partial charge in [0.15, 0.2) is 6.61 Å². The topological polar surface area (TPSA) is 84.9 Å². The quantitative estimate of drug-likeness (QED) is 0.618. The van der Waals surface area contributed by atoms with Gasteiger partial charge in [-0.05, 0) is 49.7 Å². The fourth-order valence-corrected chi connectivity index (χ4v) is 3.74. The lowest BCUT2D eigenvalue weighted by molar-refractivity contribution is -0.151. The number of hydrogen-bond donors (Lipinski definition) is 1. The van der Waals surface area contributed by atoms with Gasteiger partial charge in [-0.25, -0.2) is 0 Å². The molecule has 0 aromatic heterocycles. The van der Waals surface area contributed by atoms with Crippen molar-refractivity contribution in [3.63, 3.8) is 0 Å². The van der Waals surface area contributed by atoms with Crippen molar-refractivity contribution in [1.82, 2.24) is 0 Å². The summed E-state index contributed by atoms with van der Waals surface area (Å²) in [5.74, 6) is -1.22. The highest BCUT2D eigenvalue weighted by Crippen LogP contribution is 2.33. The molecule has 8 heteroatoms. The number of rotatable bonds is 7. The number of esters is 1. The third-order valence-electron chi connectivity index (χ3n) is 4.72. The molecule has 1 heterocycles. The van der Waals surface area contributed by atoms with Crippen LogP contribution < -0.4 is 15.0 Å². The van der Waals surface area contributed by atoms with Gasteiger partial charge >= 0.3 is 5.97 Å². The summed E-state index contributed by atoms with van der Waals surface area (Å²) >= 11 is 3.37. The van der Waals surface area contributed by atoms with Crippen LogP contribution in [0.25, 0.3) is 0 Å². The molecular formula is C22H23BrN2O5. The first-order valence-corrected chi connectivity index (χ1v) is 10.4. The second kappa shape index (κ2) is 9.75. The summed E-state index contributed by atoms with van der Waals surface area (Å²) in [6, 6.07) is 12.7. The molecule has 1 aliphatic heterocycles. The molecule has 0 spiro atoms. The Kier molecular flexibility index (Phi) is 7.10. The predicted octanol–water partition coefficient (Wildman–Crippen LogP) is 3.69. The number of aryl methyl sites for hydroxylation is 1. The van der Waals surface area contributed by atoms with Gasteiger partial charge in [0.1, 0.15) is 5.75 Å². The minimum absolute atomic E-state index is 0.0345. The van der Waals surface area contributed by atoms with E-state index in [1.165, 1.54) is 4.90 Å². The first-order chi connectivity index (χ1) is 14.4. The van der Waals surface area contributed by atoms with Crippen LogP contribution in [0.3, 0.4) is 0 Å². The monoisotopic (exact) mass is 474 g/mol. The van der Waals surface area contributed by atoms with E-state index in [9.17, 15) is 14.4 Å². The van der Waals surface area contributed by atoms with E-state index in [4.69, 9.17) is 9.47 Å². The van der Waals surface area contributed by atoms with E-state index in [2.05, 4.69) is 21.2 Å². The molecule has 1 fully saturated rings. The van der Waals surface area contributed by atoms with Gasteiger partial charge in [0.25, 0.3) is 5.91 Å². The zero-order valence-corrected chi connectivity index (χ0v) is 18.4. The Morgan fingerprint density at radius 1 is 1.23 bits per heavy atom. The van der Waals surface area contributed by atoms with Crippen LogP contribution in [-0.4, -0.2) is 37.5 Å². The van der Waals surface area contributed by atoms with Gasteiger partial charge in [-0.3, -0.25) is 14.4 Å². The molecule has 1 N–H and O–H groups in total. The molecule has 0 radical (unpaired) electrons. The third-order valence-corrected chi connectivity index (χ3v) is 5.22. The van der Waals surface area contributed by atoms with Crippen molar-refractivity contribution in [2.45, 2.75) is 20.3 Å². The molecule has 0 unspecified atom stereocenters. The summed E-state index contributed by atoms with van der Waals surface area (Å²) < 4.78 is 11.7. The van der Waals surface area contributed by atoms with Crippen LogP contribution in [-0.2, 0) is 19.1 Å². The number of anilines is 2. The van der Waals surface area contributed by atoms with Crippen LogP contribution in [0.1, 0.15) is 18.9 Å². The molecule has 0 bridgehead atoms. The molecule has 2 aromatic rings. The van der Waals surface area contributed by atoms with Crippen molar-refractivity contribution in [1.29, 1.82) is 0 Å². The molecular weight excluding hydrogens is 452 g/mol. The predicted molar refractivity (Wildman–Crippen MR) is 117 cm³/mol. The first-order valence-electron chi connectivity index (χ1n) is 9.64. The summed E-state index contributed by atoms with van der Waals surface area (Å²) in [4.78, 5) is 38.6. The van der Waals surface area contributed by atoms with Gasteiger partial charge in [0, 0.05) is 23.1 Å². The molecule has 0 aliphatic carbocycles. The van der Waals surface area contributed by atoms with Gasteiger partial charge in [-0.1, -0.05) is 28.1 Å². The number of nitrogens with zero attached hydrogens (tertiary/aromatic N) is 1. The lowest BCUT2D eigenvalue weighted by Gasteiger charge is -2.20. The summed E-state index contributed by atoms with van der Waals surface area (Å²) in [5.41, 5.74) is 2.16. The number of hydrogen-bond acceptors (Lipinski definition) is 5. The second-order valence-corrected chi connectivity index (χ2v) is 7.84. The number of carbonyl (C=O) groups excluding carboxylic acids is 3. The number of para-hydroxylation sites is 2. The number of nitrogens with one attached hydrogen (secondary N) is 1. The van der Waals surface area contributed by atoms with E-state index >= 15 is 0 Å². The zero-order chi connectivity index (χ0) is 21.7.